The minimum Gasteiger partial charge on any atom is -0.392 e. The van der Waals surface area contributed by atoms with Gasteiger partial charge in [-0.05, 0) is 26.7 Å². The van der Waals surface area contributed by atoms with Gasteiger partial charge in [0.2, 0.25) is 5.95 Å². The number of aryl methyl sites for hydroxylation is 1. The molecule has 0 aliphatic heterocycles. The number of aromatic nitrogens is 2. The molecule has 0 radical (unpaired) electrons. The van der Waals surface area contributed by atoms with E-state index in [1.807, 2.05) is 6.92 Å². The lowest BCUT2D eigenvalue weighted by Gasteiger charge is -2.27. The van der Waals surface area contributed by atoms with E-state index in [9.17, 15) is 0 Å². The van der Waals surface area contributed by atoms with Gasteiger partial charge in [-0.25, -0.2) is 9.97 Å². The molecular formula is C13H21N3O. The van der Waals surface area contributed by atoms with Crippen molar-refractivity contribution < 1.29 is 5.11 Å². The third-order valence-electron chi connectivity index (χ3n) is 3.60. The third-order valence-corrected chi connectivity index (χ3v) is 3.60. The van der Waals surface area contributed by atoms with Crippen molar-refractivity contribution in [1.82, 2.24) is 9.97 Å². The molecule has 2 rings (SSSR count). The summed E-state index contributed by atoms with van der Waals surface area (Å²) in [5.41, 5.74) is 1.70. The lowest BCUT2D eigenvalue weighted by Crippen LogP contribution is -2.34. The molecule has 4 heteroatoms. The van der Waals surface area contributed by atoms with E-state index in [0.717, 1.165) is 23.8 Å². The SMILES string of the molecule is CCN(c1ncc(CO)c(C)n1)C1CCCC1. The van der Waals surface area contributed by atoms with E-state index in [2.05, 4.69) is 21.8 Å². The van der Waals surface area contributed by atoms with Crippen LogP contribution in [0.25, 0.3) is 0 Å². The molecule has 0 saturated heterocycles. The van der Waals surface area contributed by atoms with Gasteiger partial charge in [0.05, 0.1) is 6.61 Å². The minimum absolute atomic E-state index is 0.0155. The number of aliphatic hydroxyl groups is 1. The molecule has 1 saturated carbocycles. The first-order valence-corrected chi connectivity index (χ1v) is 6.46. The van der Waals surface area contributed by atoms with E-state index < -0.39 is 0 Å². The standard InChI is InChI=1S/C13H21N3O/c1-3-16(12-6-4-5-7-12)13-14-8-11(9-17)10(2)15-13/h8,12,17H,3-7,9H2,1-2H3. The van der Waals surface area contributed by atoms with Crippen molar-refractivity contribution in [2.45, 2.75) is 52.2 Å². The Kier molecular flexibility index (Phi) is 3.94. The van der Waals surface area contributed by atoms with Gasteiger partial charge in [-0.3, -0.25) is 0 Å². The number of nitrogens with zero attached hydrogens (tertiary/aromatic N) is 3. The predicted molar refractivity (Wildman–Crippen MR) is 68.0 cm³/mol. The van der Waals surface area contributed by atoms with Gasteiger partial charge in [0.25, 0.3) is 0 Å². The molecule has 17 heavy (non-hydrogen) atoms. The van der Waals surface area contributed by atoms with Gasteiger partial charge in [-0.1, -0.05) is 12.8 Å². The van der Waals surface area contributed by atoms with Gasteiger partial charge in [-0.2, -0.15) is 0 Å². The van der Waals surface area contributed by atoms with Gasteiger partial charge in [-0.15, -0.1) is 0 Å². The lowest BCUT2D eigenvalue weighted by atomic mass is 10.2. The van der Waals surface area contributed by atoms with E-state index in [1.165, 1.54) is 25.7 Å². The summed E-state index contributed by atoms with van der Waals surface area (Å²) < 4.78 is 0. The fourth-order valence-corrected chi connectivity index (χ4v) is 2.55. The average Bonchev–Trinajstić information content (AvgIpc) is 2.84. The van der Waals surface area contributed by atoms with Crippen molar-refractivity contribution in [2.24, 2.45) is 0 Å². The van der Waals surface area contributed by atoms with Crippen LogP contribution >= 0.6 is 0 Å². The van der Waals surface area contributed by atoms with Gasteiger partial charge in [0.15, 0.2) is 0 Å². The fourth-order valence-electron chi connectivity index (χ4n) is 2.55. The summed E-state index contributed by atoms with van der Waals surface area (Å²) in [6, 6.07) is 0.597. The van der Waals surface area contributed by atoms with Crippen molar-refractivity contribution >= 4 is 5.95 Å². The van der Waals surface area contributed by atoms with Crippen LogP contribution in [0, 0.1) is 6.92 Å². The van der Waals surface area contributed by atoms with E-state index >= 15 is 0 Å². The Hall–Kier alpha value is -1.16. The molecule has 1 aromatic heterocycles. The molecule has 0 spiro atoms. The Morgan fingerprint density at radius 2 is 2.12 bits per heavy atom. The smallest absolute Gasteiger partial charge is 0.225 e. The summed E-state index contributed by atoms with van der Waals surface area (Å²) in [7, 11) is 0. The molecule has 0 unspecified atom stereocenters. The van der Waals surface area contributed by atoms with Crippen LogP contribution in [0.3, 0.4) is 0 Å². The molecule has 1 aliphatic rings. The maximum atomic E-state index is 9.12. The molecule has 1 aliphatic carbocycles. The Morgan fingerprint density at radius 3 is 2.65 bits per heavy atom. The summed E-state index contributed by atoms with van der Waals surface area (Å²) in [5.74, 6) is 0.814. The van der Waals surface area contributed by atoms with Gasteiger partial charge < -0.3 is 10.0 Å². The number of hydrogen-bond acceptors (Lipinski definition) is 4. The Morgan fingerprint density at radius 1 is 1.41 bits per heavy atom. The lowest BCUT2D eigenvalue weighted by molar-refractivity contribution is 0.280. The van der Waals surface area contributed by atoms with Gasteiger partial charge in [0.1, 0.15) is 0 Å². The molecule has 4 nitrogen and oxygen atoms in total. The van der Waals surface area contributed by atoms with E-state index in [1.54, 1.807) is 6.20 Å². The number of aliphatic hydroxyl groups excluding tert-OH is 1. The zero-order chi connectivity index (χ0) is 12.3. The van der Waals surface area contributed by atoms with Crippen LogP contribution in [-0.2, 0) is 6.61 Å². The number of hydrogen-bond donors (Lipinski definition) is 1. The highest BCUT2D eigenvalue weighted by Gasteiger charge is 2.23. The summed E-state index contributed by atoms with van der Waals surface area (Å²) in [5, 5.41) is 9.12. The highest BCUT2D eigenvalue weighted by molar-refractivity contribution is 5.34. The van der Waals surface area contributed by atoms with Gasteiger partial charge >= 0.3 is 0 Å². The molecule has 1 N–H and O–H groups in total. The second-order valence-electron chi connectivity index (χ2n) is 4.66. The highest BCUT2D eigenvalue weighted by Crippen LogP contribution is 2.26. The first kappa shape index (κ1) is 12.3. The molecule has 0 atom stereocenters. The second-order valence-corrected chi connectivity index (χ2v) is 4.66. The maximum absolute atomic E-state index is 9.12. The fraction of sp³-hybridized carbons (Fsp3) is 0.692. The van der Waals surface area contributed by atoms with Crippen LogP contribution in [0.4, 0.5) is 5.95 Å². The summed E-state index contributed by atoms with van der Waals surface area (Å²) >= 11 is 0. The minimum atomic E-state index is 0.0155. The van der Waals surface area contributed by atoms with Crippen LogP contribution in [0.15, 0.2) is 6.20 Å². The predicted octanol–water partition coefficient (Wildman–Crippen LogP) is 2.05. The van der Waals surface area contributed by atoms with Crippen molar-refractivity contribution in [3.8, 4) is 0 Å². The highest BCUT2D eigenvalue weighted by atomic mass is 16.3. The molecule has 0 amide bonds. The summed E-state index contributed by atoms with van der Waals surface area (Å²) in [6.45, 7) is 5.04. The second kappa shape index (κ2) is 5.45. The van der Waals surface area contributed by atoms with Crippen LogP contribution in [0.2, 0.25) is 0 Å². The summed E-state index contributed by atoms with van der Waals surface area (Å²) in [4.78, 5) is 11.2. The Labute approximate surface area is 103 Å². The largest absolute Gasteiger partial charge is 0.392 e. The van der Waals surface area contributed by atoms with Gasteiger partial charge in [0, 0.05) is 30.0 Å². The normalized spacial score (nSPS) is 16.4. The van der Waals surface area contributed by atoms with E-state index in [0.29, 0.717) is 6.04 Å². The monoisotopic (exact) mass is 235 g/mol. The first-order chi connectivity index (χ1) is 8.26. The topological polar surface area (TPSA) is 49.2 Å². The third kappa shape index (κ3) is 2.57. The zero-order valence-corrected chi connectivity index (χ0v) is 10.7. The molecule has 1 fully saturated rings. The van der Waals surface area contributed by atoms with Crippen molar-refractivity contribution in [1.29, 1.82) is 0 Å². The Bertz CT molecular complexity index is 375. The molecule has 94 valence electrons. The molecule has 0 aromatic carbocycles. The van der Waals surface area contributed by atoms with Crippen molar-refractivity contribution in [3.63, 3.8) is 0 Å². The van der Waals surface area contributed by atoms with E-state index in [-0.39, 0.29) is 6.61 Å². The average molecular weight is 235 g/mol. The van der Waals surface area contributed by atoms with E-state index in [4.69, 9.17) is 5.11 Å². The molecular weight excluding hydrogens is 214 g/mol. The number of anilines is 1. The summed E-state index contributed by atoms with van der Waals surface area (Å²) in [6.07, 6.45) is 6.87. The maximum Gasteiger partial charge on any atom is 0.225 e. The Balaban J connectivity index is 2.21. The molecule has 0 bridgehead atoms. The molecule has 1 aromatic rings. The zero-order valence-electron chi connectivity index (χ0n) is 10.7. The van der Waals surface area contributed by atoms with Crippen LogP contribution in [-0.4, -0.2) is 27.7 Å². The van der Waals surface area contributed by atoms with Crippen LogP contribution in [0.5, 0.6) is 0 Å². The number of rotatable bonds is 4. The molecule has 1 heterocycles. The van der Waals surface area contributed by atoms with Crippen molar-refractivity contribution in [3.05, 3.63) is 17.5 Å². The quantitative estimate of drug-likeness (QED) is 0.867. The van der Waals surface area contributed by atoms with Crippen LogP contribution in [0.1, 0.15) is 43.9 Å². The van der Waals surface area contributed by atoms with Crippen molar-refractivity contribution in [2.75, 3.05) is 11.4 Å². The first-order valence-electron chi connectivity index (χ1n) is 6.46. The van der Waals surface area contributed by atoms with Crippen LogP contribution < -0.4 is 4.90 Å².